The van der Waals surface area contributed by atoms with E-state index in [1.165, 1.54) is 6.07 Å². The van der Waals surface area contributed by atoms with Gasteiger partial charge in [0.05, 0.1) is 10.6 Å². The molecular weight excluding hydrogens is 398 g/mol. The molecule has 1 aliphatic heterocycles. The van der Waals surface area contributed by atoms with E-state index in [2.05, 4.69) is 10.6 Å². The van der Waals surface area contributed by atoms with Crippen LogP contribution in [0.15, 0.2) is 58.8 Å². The largest absolute Gasteiger partial charge is 0.337 e. The van der Waals surface area contributed by atoms with E-state index < -0.39 is 28.5 Å². The highest BCUT2D eigenvalue weighted by Crippen LogP contribution is 2.41. The SMILES string of the molecule is O=C(CN1c2cccc3cccc(c23)S1(=O)=O)NC(=O)NCCc1cccs1. The van der Waals surface area contributed by atoms with E-state index in [0.29, 0.717) is 24.0 Å². The zero-order chi connectivity index (χ0) is 19.7. The number of nitrogens with zero attached hydrogens (tertiary/aromatic N) is 1. The molecule has 3 amide bonds. The maximum Gasteiger partial charge on any atom is 0.321 e. The first-order valence-corrected chi connectivity index (χ1v) is 10.9. The lowest BCUT2D eigenvalue weighted by molar-refractivity contribution is -0.118. The van der Waals surface area contributed by atoms with Crippen LogP contribution in [-0.2, 0) is 21.2 Å². The van der Waals surface area contributed by atoms with E-state index in [1.807, 2.05) is 29.6 Å². The molecule has 0 fully saturated rings. The van der Waals surface area contributed by atoms with Crippen LogP contribution in [0, 0.1) is 0 Å². The first-order valence-electron chi connectivity index (χ1n) is 8.61. The number of hydrogen-bond acceptors (Lipinski definition) is 5. The van der Waals surface area contributed by atoms with Gasteiger partial charge in [-0.15, -0.1) is 11.3 Å². The number of carbonyl (C=O) groups excluding carboxylic acids is 2. The summed E-state index contributed by atoms with van der Waals surface area (Å²) in [6.45, 7) is -0.0825. The molecule has 2 N–H and O–H groups in total. The van der Waals surface area contributed by atoms with Crippen LogP contribution < -0.4 is 14.9 Å². The number of thiophene rings is 1. The van der Waals surface area contributed by atoms with Crippen molar-refractivity contribution in [2.24, 2.45) is 0 Å². The van der Waals surface area contributed by atoms with Crippen LogP contribution in [-0.4, -0.2) is 33.4 Å². The first kappa shape index (κ1) is 18.5. The monoisotopic (exact) mass is 415 g/mol. The Morgan fingerprint density at radius 3 is 2.57 bits per heavy atom. The van der Waals surface area contributed by atoms with Crippen LogP contribution in [0.5, 0.6) is 0 Å². The molecule has 2 aromatic carbocycles. The van der Waals surface area contributed by atoms with Gasteiger partial charge in [-0.05, 0) is 35.4 Å². The minimum absolute atomic E-state index is 0.175. The lowest BCUT2D eigenvalue weighted by Gasteiger charge is -2.18. The smallest absolute Gasteiger partial charge is 0.321 e. The molecule has 0 atom stereocenters. The van der Waals surface area contributed by atoms with Crippen LogP contribution >= 0.6 is 11.3 Å². The van der Waals surface area contributed by atoms with E-state index in [9.17, 15) is 18.0 Å². The Kier molecular flexibility index (Phi) is 4.78. The third kappa shape index (κ3) is 3.34. The van der Waals surface area contributed by atoms with Gasteiger partial charge >= 0.3 is 6.03 Å². The third-order valence-corrected chi connectivity index (χ3v) is 7.20. The fourth-order valence-electron chi connectivity index (χ4n) is 3.22. The Labute approximate surface area is 166 Å². The van der Waals surface area contributed by atoms with E-state index in [4.69, 9.17) is 0 Å². The molecule has 144 valence electrons. The van der Waals surface area contributed by atoms with Crippen molar-refractivity contribution < 1.29 is 18.0 Å². The molecule has 4 rings (SSSR count). The molecule has 0 spiro atoms. The van der Waals surface area contributed by atoms with Crippen molar-refractivity contribution >= 4 is 49.8 Å². The highest BCUT2D eigenvalue weighted by molar-refractivity contribution is 7.93. The Balaban J connectivity index is 1.42. The molecule has 9 heteroatoms. The minimum atomic E-state index is -3.83. The van der Waals surface area contributed by atoms with Gasteiger partial charge in [0.2, 0.25) is 5.91 Å². The molecule has 0 aliphatic carbocycles. The zero-order valence-corrected chi connectivity index (χ0v) is 16.3. The third-order valence-electron chi connectivity index (χ3n) is 4.46. The summed E-state index contributed by atoms with van der Waals surface area (Å²) in [5.74, 6) is -0.693. The average molecular weight is 415 g/mol. The summed E-state index contributed by atoms with van der Waals surface area (Å²) in [6, 6.07) is 13.5. The van der Waals surface area contributed by atoms with Gasteiger partial charge in [0.1, 0.15) is 6.54 Å². The second kappa shape index (κ2) is 7.25. The highest BCUT2D eigenvalue weighted by Gasteiger charge is 2.36. The lowest BCUT2D eigenvalue weighted by atomic mass is 10.1. The van der Waals surface area contributed by atoms with Crippen LogP contribution in [0.25, 0.3) is 10.8 Å². The summed E-state index contributed by atoms with van der Waals surface area (Å²) in [5, 5.41) is 8.13. The number of sulfonamides is 1. The Bertz CT molecular complexity index is 1150. The van der Waals surface area contributed by atoms with Crippen molar-refractivity contribution in [3.05, 3.63) is 58.8 Å². The highest BCUT2D eigenvalue weighted by atomic mass is 32.2. The van der Waals surface area contributed by atoms with Gasteiger partial charge in [0.15, 0.2) is 0 Å². The van der Waals surface area contributed by atoms with Crippen molar-refractivity contribution in [2.45, 2.75) is 11.3 Å². The standard InChI is InChI=1S/C19H17N3O4S2/c23-17(21-19(24)20-10-9-14-6-3-11-27-14)12-22-15-7-1-4-13-5-2-8-16(18(13)15)28(22,25)26/h1-8,11H,9-10,12H2,(H2,20,21,23,24). The van der Waals surface area contributed by atoms with Gasteiger partial charge in [0, 0.05) is 16.8 Å². The van der Waals surface area contributed by atoms with E-state index in [1.54, 1.807) is 29.5 Å². The molecule has 1 aromatic heterocycles. The number of benzene rings is 2. The van der Waals surface area contributed by atoms with E-state index >= 15 is 0 Å². The van der Waals surface area contributed by atoms with Gasteiger partial charge < -0.3 is 5.32 Å². The van der Waals surface area contributed by atoms with Crippen molar-refractivity contribution in [3.63, 3.8) is 0 Å². The fraction of sp³-hybridized carbons (Fsp3) is 0.158. The van der Waals surface area contributed by atoms with Crippen molar-refractivity contribution in [1.82, 2.24) is 10.6 Å². The minimum Gasteiger partial charge on any atom is -0.337 e. The number of nitrogens with one attached hydrogen (secondary N) is 2. The fourth-order valence-corrected chi connectivity index (χ4v) is 5.60. The van der Waals surface area contributed by atoms with Crippen LogP contribution in [0.4, 0.5) is 10.5 Å². The summed E-state index contributed by atoms with van der Waals surface area (Å²) in [4.78, 5) is 25.5. The van der Waals surface area contributed by atoms with Crippen LogP contribution in [0.1, 0.15) is 4.88 Å². The van der Waals surface area contributed by atoms with Crippen LogP contribution in [0.2, 0.25) is 0 Å². The van der Waals surface area contributed by atoms with E-state index in [0.717, 1.165) is 14.6 Å². The summed E-state index contributed by atoms with van der Waals surface area (Å²) in [6.07, 6.45) is 0.664. The summed E-state index contributed by atoms with van der Waals surface area (Å²) in [5.41, 5.74) is 0.446. The molecule has 0 radical (unpaired) electrons. The number of urea groups is 1. The van der Waals surface area contributed by atoms with Gasteiger partial charge in [-0.25, -0.2) is 13.2 Å². The number of anilines is 1. The summed E-state index contributed by atoms with van der Waals surface area (Å²) >= 11 is 1.59. The zero-order valence-electron chi connectivity index (χ0n) is 14.7. The molecule has 7 nitrogen and oxygen atoms in total. The van der Waals surface area contributed by atoms with Gasteiger partial charge in [-0.1, -0.05) is 30.3 Å². The quantitative estimate of drug-likeness (QED) is 0.669. The predicted octanol–water partition coefficient (Wildman–Crippen LogP) is 2.48. The second-order valence-electron chi connectivity index (χ2n) is 6.28. The van der Waals surface area contributed by atoms with Gasteiger partial charge in [-0.2, -0.15) is 0 Å². The summed E-state index contributed by atoms with van der Waals surface area (Å²) in [7, 11) is -3.83. The van der Waals surface area contributed by atoms with Crippen molar-refractivity contribution in [1.29, 1.82) is 0 Å². The number of carbonyl (C=O) groups is 2. The van der Waals surface area contributed by atoms with Gasteiger partial charge in [0.25, 0.3) is 10.0 Å². The maximum absolute atomic E-state index is 12.8. The molecule has 0 saturated heterocycles. The predicted molar refractivity (Wildman–Crippen MR) is 108 cm³/mol. The lowest BCUT2D eigenvalue weighted by Crippen LogP contribution is -2.45. The molecule has 0 saturated carbocycles. The van der Waals surface area contributed by atoms with Gasteiger partial charge in [-0.3, -0.25) is 14.4 Å². The normalized spacial score (nSPS) is 14.2. The molecule has 0 bridgehead atoms. The van der Waals surface area contributed by atoms with E-state index in [-0.39, 0.29) is 4.90 Å². The number of amides is 3. The molecule has 0 unspecified atom stereocenters. The van der Waals surface area contributed by atoms with Crippen LogP contribution in [0.3, 0.4) is 0 Å². The van der Waals surface area contributed by atoms with Crippen molar-refractivity contribution in [2.75, 3.05) is 17.4 Å². The Morgan fingerprint density at radius 1 is 1.04 bits per heavy atom. The number of rotatable bonds is 5. The number of imide groups is 1. The molecular formula is C19H17N3O4S2. The first-order chi connectivity index (χ1) is 13.5. The second-order valence-corrected chi connectivity index (χ2v) is 9.14. The summed E-state index contributed by atoms with van der Waals surface area (Å²) < 4.78 is 26.7. The number of hydrogen-bond donors (Lipinski definition) is 2. The molecule has 1 aliphatic rings. The molecule has 2 heterocycles. The topological polar surface area (TPSA) is 95.6 Å². The Hall–Kier alpha value is -2.91. The Morgan fingerprint density at radius 2 is 1.82 bits per heavy atom. The molecule has 28 heavy (non-hydrogen) atoms. The average Bonchev–Trinajstić information content (AvgIpc) is 3.24. The van der Waals surface area contributed by atoms with Crippen molar-refractivity contribution in [3.8, 4) is 0 Å². The molecule has 3 aromatic rings. The maximum atomic E-state index is 12.8.